The number of hydrogen-bond acceptors (Lipinski definition) is 3. The zero-order chi connectivity index (χ0) is 15.4. The van der Waals surface area contributed by atoms with Crippen LogP contribution in [0.4, 0.5) is 10.5 Å². The number of fused-ring (bicyclic) bond motifs is 3. The number of para-hydroxylation sites is 1. The van der Waals surface area contributed by atoms with E-state index in [1.165, 1.54) is 4.90 Å². The minimum atomic E-state index is -3.54. The first-order valence-corrected chi connectivity index (χ1v) is 8.68. The average molecular weight is 314 g/mol. The van der Waals surface area contributed by atoms with Gasteiger partial charge in [0.2, 0.25) is 0 Å². The molecule has 0 aromatic heterocycles. The fourth-order valence-corrected chi connectivity index (χ4v) is 5.70. The summed E-state index contributed by atoms with van der Waals surface area (Å²) in [6.45, 7) is 0.192. The number of amides is 2. The number of rotatable bonds is 1. The van der Waals surface area contributed by atoms with Crippen LogP contribution in [-0.4, -0.2) is 31.6 Å². The molecule has 2 aromatic carbocycles. The molecule has 6 heteroatoms. The van der Waals surface area contributed by atoms with Crippen molar-refractivity contribution in [2.45, 2.75) is 4.87 Å². The van der Waals surface area contributed by atoms with E-state index in [0.29, 0.717) is 16.8 Å². The summed E-state index contributed by atoms with van der Waals surface area (Å²) in [4.78, 5) is 12.5. The van der Waals surface area contributed by atoms with Crippen LogP contribution in [0.5, 0.6) is 0 Å². The number of nitrogens with zero attached hydrogens (tertiary/aromatic N) is 1. The monoisotopic (exact) mass is 314 g/mol. The van der Waals surface area contributed by atoms with E-state index < -0.39 is 14.7 Å². The number of anilines is 1. The molecule has 0 saturated carbocycles. The van der Waals surface area contributed by atoms with Crippen molar-refractivity contribution in [1.82, 2.24) is 4.90 Å². The van der Waals surface area contributed by atoms with Crippen molar-refractivity contribution in [3.05, 3.63) is 65.7 Å². The maximum atomic E-state index is 13.0. The van der Waals surface area contributed by atoms with Gasteiger partial charge >= 0.3 is 6.03 Å². The molecule has 112 valence electrons. The Hall–Kier alpha value is -2.34. The summed E-state index contributed by atoms with van der Waals surface area (Å²) in [7, 11) is -3.54. The van der Waals surface area contributed by atoms with Gasteiger partial charge in [-0.25, -0.2) is 13.2 Å². The predicted octanol–water partition coefficient (Wildman–Crippen LogP) is 2.16. The van der Waals surface area contributed by atoms with E-state index in [2.05, 4.69) is 5.32 Å². The Balaban J connectivity index is 2.15. The van der Waals surface area contributed by atoms with Crippen LogP contribution < -0.4 is 5.32 Å². The van der Waals surface area contributed by atoms with E-state index in [9.17, 15) is 13.2 Å². The SMILES string of the molecule is O=C1Nc2ccccc2C2(c3ccccc3)N1CCS2(=O)=O. The Morgan fingerprint density at radius 3 is 2.45 bits per heavy atom. The van der Waals surface area contributed by atoms with Gasteiger partial charge in [0.25, 0.3) is 0 Å². The molecule has 4 rings (SSSR count). The van der Waals surface area contributed by atoms with Gasteiger partial charge in [0.1, 0.15) is 0 Å². The van der Waals surface area contributed by atoms with E-state index in [-0.39, 0.29) is 18.3 Å². The molecule has 1 N–H and O–H groups in total. The van der Waals surface area contributed by atoms with Crippen LogP contribution in [0.25, 0.3) is 0 Å². The lowest BCUT2D eigenvalue weighted by Gasteiger charge is -2.42. The minimum absolute atomic E-state index is 0.0380. The summed E-state index contributed by atoms with van der Waals surface area (Å²) in [5.41, 5.74) is 1.77. The number of sulfone groups is 1. The molecule has 0 bridgehead atoms. The van der Waals surface area contributed by atoms with Crippen LogP contribution in [0, 0.1) is 0 Å². The Labute approximate surface area is 128 Å². The fourth-order valence-electron chi connectivity index (χ4n) is 3.47. The quantitative estimate of drug-likeness (QED) is 0.877. The minimum Gasteiger partial charge on any atom is -0.307 e. The number of nitrogens with one attached hydrogen (secondary N) is 1. The van der Waals surface area contributed by atoms with Crippen LogP contribution in [-0.2, 0) is 14.7 Å². The zero-order valence-corrected chi connectivity index (χ0v) is 12.5. The highest BCUT2D eigenvalue weighted by Gasteiger charge is 2.60. The van der Waals surface area contributed by atoms with Crippen molar-refractivity contribution < 1.29 is 13.2 Å². The Bertz CT molecular complexity index is 864. The van der Waals surface area contributed by atoms with Crippen LogP contribution in [0.2, 0.25) is 0 Å². The van der Waals surface area contributed by atoms with Crippen molar-refractivity contribution in [3.63, 3.8) is 0 Å². The lowest BCUT2D eigenvalue weighted by molar-refractivity contribution is 0.193. The lowest BCUT2D eigenvalue weighted by atomic mass is 9.93. The molecule has 1 atom stereocenters. The van der Waals surface area contributed by atoms with Gasteiger partial charge in [-0.05, 0) is 11.6 Å². The molecule has 22 heavy (non-hydrogen) atoms. The third kappa shape index (κ3) is 1.47. The fraction of sp³-hybridized carbons (Fsp3) is 0.188. The van der Waals surface area contributed by atoms with Crippen LogP contribution in [0.3, 0.4) is 0 Å². The second-order valence-electron chi connectivity index (χ2n) is 5.46. The van der Waals surface area contributed by atoms with Crippen molar-refractivity contribution in [2.75, 3.05) is 17.6 Å². The van der Waals surface area contributed by atoms with E-state index >= 15 is 0 Å². The number of benzene rings is 2. The van der Waals surface area contributed by atoms with Gasteiger partial charge < -0.3 is 5.32 Å². The van der Waals surface area contributed by atoms with Crippen LogP contribution >= 0.6 is 0 Å². The van der Waals surface area contributed by atoms with Crippen molar-refractivity contribution in [3.8, 4) is 0 Å². The van der Waals surface area contributed by atoms with Gasteiger partial charge in [-0.1, -0.05) is 48.5 Å². The number of carbonyl (C=O) groups is 1. The first-order chi connectivity index (χ1) is 10.6. The standard InChI is InChI=1S/C16H14N2O3S/c19-15-17-14-9-5-4-8-13(14)16(12-6-2-1-3-7-12)18(15)10-11-22(16,20)21/h1-9H,10-11H2,(H,17,19). The average Bonchev–Trinajstić information content (AvgIpc) is 2.82. The van der Waals surface area contributed by atoms with Crippen molar-refractivity contribution >= 4 is 21.6 Å². The van der Waals surface area contributed by atoms with E-state index in [1.54, 1.807) is 48.5 Å². The van der Waals surface area contributed by atoms with Gasteiger partial charge in [0.15, 0.2) is 14.7 Å². The Morgan fingerprint density at radius 1 is 1.00 bits per heavy atom. The Morgan fingerprint density at radius 2 is 1.68 bits per heavy atom. The summed E-state index contributed by atoms with van der Waals surface area (Å²) in [5, 5.41) is 2.79. The highest BCUT2D eigenvalue weighted by Crippen LogP contribution is 2.50. The molecule has 2 amide bonds. The number of carbonyl (C=O) groups excluding carboxylic acids is 1. The molecule has 5 nitrogen and oxygen atoms in total. The summed E-state index contributed by atoms with van der Waals surface area (Å²) in [6.07, 6.45) is 0. The normalized spacial score (nSPS) is 25.3. The van der Waals surface area contributed by atoms with E-state index in [0.717, 1.165) is 0 Å². The lowest BCUT2D eigenvalue weighted by Crippen LogP contribution is -2.54. The molecule has 2 aliphatic rings. The number of hydrogen-bond donors (Lipinski definition) is 1. The molecule has 1 fully saturated rings. The maximum absolute atomic E-state index is 13.0. The molecule has 2 aromatic rings. The maximum Gasteiger partial charge on any atom is 0.323 e. The Kier molecular flexibility index (Phi) is 2.62. The molecule has 0 radical (unpaired) electrons. The molecule has 2 aliphatic heterocycles. The molecule has 1 unspecified atom stereocenters. The second kappa shape index (κ2) is 4.33. The highest BCUT2D eigenvalue weighted by atomic mass is 32.2. The first kappa shape index (κ1) is 13.3. The van der Waals surface area contributed by atoms with Gasteiger partial charge in [0.05, 0.1) is 5.75 Å². The van der Waals surface area contributed by atoms with Gasteiger partial charge in [0, 0.05) is 17.8 Å². The second-order valence-corrected chi connectivity index (χ2v) is 7.68. The van der Waals surface area contributed by atoms with E-state index in [4.69, 9.17) is 0 Å². The smallest absolute Gasteiger partial charge is 0.307 e. The molecule has 0 spiro atoms. The van der Waals surface area contributed by atoms with Gasteiger partial charge in [-0.3, -0.25) is 4.90 Å². The summed E-state index contributed by atoms with van der Waals surface area (Å²) < 4.78 is 26.0. The predicted molar refractivity (Wildman–Crippen MR) is 83.2 cm³/mol. The molecular weight excluding hydrogens is 300 g/mol. The van der Waals surface area contributed by atoms with Gasteiger partial charge in [-0.15, -0.1) is 0 Å². The summed E-state index contributed by atoms with van der Waals surface area (Å²) in [5.74, 6) is -0.0380. The molecular formula is C16H14N2O3S. The first-order valence-electron chi connectivity index (χ1n) is 7.03. The molecule has 0 aliphatic carbocycles. The topological polar surface area (TPSA) is 66.5 Å². The zero-order valence-electron chi connectivity index (χ0n) is 11.7. The number of urea groups is 1. The van der Waals surface area contributed by atoms with Crippen LogP contribution in [0.1, 0.15) is 11.1 Å². The summed E-state index contributed by atoms with van der Waals surface area (Å²) in [6, 6.07) is 15.7. The van der Waals surface area contributed by atoms with Crippen molar-refractivity contribution in [1.29, 1.82) is 0 Å². The largest absolute Gasteiger partial charge is 0.323 e. The third-order valence-electron chi connectivity index (χ3n) is 4.36. The highest BCUT2D eigenvalue weighted by molar-refractivity contribution is 7.92. The van der Waals surface area contributed by atoms with Crippen molar-refractivity contribution in [2.24, 2.45) is 0 Å². The third-order valence-corrected chi connectivity index (χ3v) is 6.65. The molecule has 2 heterocycles. The van der Waals surface area contributed by atoms with Crippen LogP contribution in [0.15, 0.2) is 54.6 Å². The van der Waals surface area contributed by atoms with Gasteiger partial charge in [-0.2, -0.15) is 0 Å². The van der Waals surface area contributed by atoms with E-state index in [1.807, 2.05) is 6.07 Å². The molecule has 1 saturated heterocycles. The summed E-state index contributed by atoms with van der Waals surface area (Å²) >= 11 is 0.